The van der Waals surface area contributed by atoms with Crippen molar-refractivity contribution in [2.24, 2.45) is 11.8 Å². The van der Waals surface area contributed by atoms with Crippen molar-refractivity contribution in [2.75, 3.05) is 6.54 Å². The quantitative estimate of drug-likeness (QED) is 0.197. The zero-order chi connectivity index (χ0) is 31.8. The molecule has 2 heterocycles. The van der Waals surface area contributed by atoms with Crippen molar-refractivity contribution in [2.45, 2.75) is 71.0 Å². The van der Waals surface area contributed by atoms with E-state index >= 15 is 0 Å². The molecule has 0 unspecified atom stereocenters. The van der Waals surface area contributed by atoms with Gasteiger partial charge in [-0.2, -0.15) is 0 Å². The molecule has 0 radical (unpaired) electrons. The Hall–Kier alpha value is -4.25. The molecule has 11 heteroatoms. The van der Waals surface area contributed by atoms with Crippen molar-refractivity contribution >= 4 is 51.7 Å². The van der Waals surface area contributed by atoms with Crippen molar-refractivity contribution in [1.82, 2.24) is 21.3 Å². The summed E-state index contributed by atoms with van der Waals surface area (Å²) in [5.41, 5.74) is 1.65. The first-order chi connectivity index (χ1) is 21.0. The van der Waals surface area contributed by atoms with Crippen LogP contribution in [0.1, 0.15) is 60.3 Å². The van der Waals surface area contributed by atoms with Crippen LogP contribution in [0.25, 0.3) is 10.8 Å². The second-order valence-electron chi connectivity index (χ2n) is 11.8. The lowest BCUT2D eigenvalue weighted by Gasteiger charge is -2.28. The third kappa shape index (κ3) is 8.43. The Labute approximate surface area is 261 Å². The van der Waals surface area contributed by atoms with Crippen LogP contribution in [-0.2, 0) is 25.6 Å². The number of carbonyl (C=O) groups excluding carboxylic acids is 4. The Bertz CT molecular complexity index is 1510. The zero-order valence-electron chi connectivity index (χ0n) is 25.2. The Morgan fingerprint density at radius 3 is 2.34 bits per heavy atom. The number of amides is 4. The van der Waals surface area contributed by atoms with Gasteiger partial charge in [-0.05, 0) is 71.9 Å². The van der Waals surface area contributed by atoms with E-state index in [9.17, 15) is 29.1 Å². The van der Waals surface area contributed by atoms with Crippen LogP contribution in [0.2, 0.25) is 0 Å². The first kappa shape index (κ1) is 32.7. The summed E-state index contributed by atoms with van der Waals surface area (Å²) in [5, 5.41) is 24.6. The van der Waals surface area contributed by atoms with Gasteiger partial charge in [0.2, 0.25) is 17.7 Å². The number of carbonyl (C=O) groups is 5. The molecule has 234 valence electrons. The number of thiophene rings is 1. The number of hydrogen-bond donors (Lipinski definition) is 5. The second-order valence-corrected chi connectivity index (χ2v) is 12.7. The van der Waals surface area contributed by atoms with Crippen LogP contribution in [-0.4, -0.2) is 59.4 Å². The maximum Gasteiger partial charge on any atom is 0.326 e. The minimum Gasteiger partial charge on any atom is -0.480 e. The topological polar surface area (TPSA) is 154 Å². The van der Waals surface area contributed by atoms with Gasteiger partial charge in [-0.25, -0.2) is 4.79 Å². The number of carboxylic acids is 1. The second kappa shape index (κ2) is 15.0. The highest BCUT2D eigenvalue weighted by Gasteiger charge is 2.33. The van der Waals surface area contributed by atoms with Gasteiger partial charge in [-0.3, -0.25) is 19.2 Å². The predicted octanol–water partition coefficient (Wildman–Crippen LogP) is 3.57. The number of benzene rings is 2. The van der Waals surface area contributed by atoms with Crippen molar-refractivity contribution < 1.29 is 29.1 Å². The number of aliphatic carboxylic acids is 1. The number of hydrogen-bond acceptors (Lipinski definition) is 6. The molecule has 0 spiro atoms. The fourth-order valence-electron chi connectivity index (χ4n) is 5.54. The van der Waals surface area contributed by atoms with E-state index < -0.39 is 41.8 Å². The highest BCUT2D eigenvalue weighted by atomic mass is 32.1. The molecule has 4 amide bonds. The molecule has 10 nitrogen and oxygen atoms in total. The highest BCUT2D eigenvalue weighted by Crippen LogP contribution is 2.22. The number of rotatable bonds is 13. The third-order valence-corrected chi connectivity index (χ3v) is 8.88. The average Bonchev–Trinajstić information content (AvgIpc) is 3.42. The molecule has 2 aromatic carbocycles. The number of carboxylic acid groups (broad SMARTS) is 1. The van der Waals surface area contributed by atoms with E-state index in [4.69, 9.17) is 0 Å². The summed E-state index contributed by atoms with van der Waals surface area (Å²) in [6.45, 7) is 6.15. The Morgan fingerprint density at radius 2 is 1.66 bits per heavy atom. The lowest BCUT2D eigenvalue weighted by Crippen LogP contribution is -2.57. The van der Waals surface area contributed by atoms with E-state index in [-0.39, 0.29) is 37.0 Å². The Balaban J connectivity index is 1.56. The summed E-state index contributed by atoms with van der Waals surface area (Å²) >= 11 is 1.28. The molecule has 0 saturated carbocycles. The van der Waals surface area contributed by atoms with Gasteiger partial charge in [-0.1, -0.05) is 56.3 Å². The average molecular weight is 621 g/mol. The van der Waals surface area contributed by atoms with Gasteiger partial charge in [0, 0.05) is 18.9 Å². The number of nitrogens with one attached hydrogen (secondary N) is 4. The monoisotopic (exact) mass is 620 g/mol. The van der Waals surface area contributed by atoms with E-state index in [1.54, 1.807) is 0 Å². The largest absolute Gasteiger partial charge is 0.480 e. The predicted molar refractivity (Wildman–Crippen MR) is 169 cm³/mol. The normalized spacial score (nSPS) is 16.9. The SMILES string of the molecule is Cc1ccsc1C(=O)N[C@@H](Cc1cccc2ccccc12)C(=O)N[C@@H](CC(C)C)C(=O)N[C@@H](C[C@@H]1CCCNC1=O)C(=O)O. The minimum atomic E-state index is -1.30. The molecule has 4 rings (SSSR count). The first-order valence-electron chi connectivity index (χ1n) is 15.0. The molecule has 3 aromatic rings. The molecule has 1 aromatic heterocycles. The van der Waals surface area contributed by atoms with Crippen LogP contribution in [0.3, 0.4) is 0 Å². The highest BCUT2D eigenvalue weighted by molar-refractivity contribution is 7.12. The molecular weight excluding hydrogens is 580 g/mol. The molecule has 1 fully saturated rings. The van der Waals surface area contributed by atoms with Crippen LogP contribution in [0.15, 0.2) is 53.9 Å². The van der Waals surface area contributed by atoms with Crippen LogP contribution in [0.4, 0.5) is 0 Å². The minimum absolute atomic E-state index is 0.0154. The van der Waals surface area contributed by atoms with Gasteiger partial charge in [0.25, 0.3) is 5.91 Å². The van der Waals surface area contributed by atoms with E-state index in [1.807, 2.05) is 74.7 Å². The van der Waals surface area contributed by atoms with Crippen molar-refractivity contribution in [3.8, 4) is 0 Å². The van der Waals surface area contributed by atoms with Gasteiger partial charge in [-0.15, -0.1) is 11.3 Å². The summed E-state index contributed by atoms with van der Waals surface area (Å²) < 4.78 is 0. The molecule has 0 aliphatic carbocycles. The number of aryl methyl sites for hydroxylation is 1. The summed E-state index contributed by atoms with van der Waals surface area (Å²) in [4.78, 5) is 65.5. The summed E-state index contributed by atoms with van der Waals surface area (Å²) in [6, 6.07) is 12.0. The van der Waals surface area contributed by atoms with Gasteiger partial charge in [0.15, 0.2) is 0 Å². The molecule has 5 N–H and O–H groups in total. The number of fused-ring (bicyclic) bond motifs is 1. The summed E-state index contributed by atoms with van der Waals surface area (Å²) in [5.74, 6) is -3.61. The Morgan fingerprint density at radius 1 is 0.955 bits per heavy atom. The third-order valence-electron chi connectivity index (χ3n) is 7.87. The maximum absolute atomic E-state index is 13.9. The summed E-state index contributed by atoms with van der Waals surface area (Å²) in [6.07, 6.45) is 1.64. The first-order valence-corrected chi connectivity index (χ1v) is 15.8. The van der Waals surface area contributed by atoms with E-state index in [1.165, 1.54) is 11.3 Å². The van der Waals surface area contributed by atoms with Crippen molar-refractivity contribution in [3.05, 3.63) is 69.9 Å². The molecule has 1 saturated heterocycles. The Kier molecular flexibility index (Phi) is 11.1. The van der Waals surface area contributed by atoms with Crippen molar-refractivity contribution in [3.63, 3.8) is 0 Å². The number of piperidine rings is 1. The van der Waals surface area contributed by atoms with Crippen LogP contribution >= 0.6 is 11.3 Å². The van der Waals surface area contributed by atoms with E-state index in [2.05, 4.69) is 21.3 Å². The molecule has 1 aliphatic heterocycles. The van der Waals surface area contributed by atoms with E-state index in [0.717, 1.165) is 28.3 Å². The molecule has 44 heavy (non-hydrogen) atoms. The maximum atomic E-state index is 13.9. The fraction of sp³-hybridized carbons (Fsp3) is 0.424. The van der Waals surface area contributed by atoms with Gasteiger partial charge < -0.3 is 26.4 Å². The van der Waals surface area contributed by atoms with Crippen molar-refractivity contribution in [1.29, 1.82) is 0 Å². The molecule has 1 aliphatic rings. The van der Waals surface area contributed by atoms with Gasteiger partial charge in [0.1, 0.15) is 18.1 Å². The van der Waals surface area contributed by atoms with Crippen LogP contribution < -0.4 is 21.3 Å². The molecule has 0 bridgehead atoms. The lowest BCUT2D eigenvalue weighted by atomic mass is 9.91. The standard InChI is InChI=1S/C33H40N4O6S/c1-19(2)16-25(30(39)37-27(33(42)43)18-23-11-7-14-34-29(23)38)35-31(40)26(36-32(41)28-20(3)13-15-44-28)17-22-10-6-9-21-8-4-5-12-24(21)22/h4-6,8-10,12-13,15,19,23,25-27H,7,11,14,16-18H2,1-3H3,(H,34,38)(H,35,40)(H,36,41)(H,37,39)(H,42,43)/t23-,25-,26-,27-/m0/s1. The van der Waals surface area contributed by atoms with E-state index in [0.29, 0.717) is 17.8 Å². The zero-order valence-corrected chi connectivity index (χ0v) is 26.0. The lowest BCUT2D eigenvalue weighted by molar-refractivity contribution is -0.143. The van der Waals surface area contributed by atoms with Gasteiger partial charge >= 0.3 is 5.97 Å². The smallest absolute Gasteiger partial charge is 0.326 e. The van der Waals surface area contributed by atoms with Gasteiger partial charge in [0.05, 0.1) is 4.88 Å². The van der Waals surface area contributed by atoms with Crippen LogP contribution in [0, 0.1) is 18.8 Å². The van der Waals surface area contributed by atoms with Crippen LogP contribution in [0.5, 0.6) is 0 Å². The fourth-order valence-corrected chi connectivity index (χ4v) is 6.37. The molecular formula is C33H40N4O6S. The molecule has 4 atom stereocenters. The summed E-state index contributed by atoms with van der Waals surface area (Å²) in [7, 11) is 0.